The quantitative estimate of drug-likeness (QED) is 0.0268. The minimum Gasteiger partial charge on any atom is -0.462 e. The molecule has 0 aliphatic heterocycles. The first-order valence-electron chi connectivity index (χ1n) is 22.1. The van der Waals surface area contributed by atoms with E-state index in [4.69, 9.17) is 24.3 Å². The Labute approximate surface area is 347 Å². The molecule has 0 aromatic carbocycles. The Morgan fingerprint density at radius 3 is 1.35 bits per heavy atom. The smallest absolute Gasteiger partial charge is 0.462 e. The maximum Gasteiger partial charge on any atom is 0.472 e. The zero-order chi connectivity index (χ0) is 41.8. The van der Waals surface area contributed by atoms with Crippen molar-refractivity contribution in [2.45, 2.75) is 174 Å². The number of ether oxygens (including phenoxy) is 2. The van der Waals surface area contributed by atoms with Crippen LogP contribution in [0.1, 0.15) is 168 Å². The van der Waals surface area contributed by atoms with Crippen LogP contribution in [-0.4, -0.2) is 49.3 Å². The van der Waals surface area contributed by atoms with Gasteiger partial charge in [-0.2, -0.15) is 0 Å². The summed E-state index contributed by atoms with van der Waals surface area (Å²) in [5, 5.41) is 0. The third-order valence-electron chi connectivity index (χ3n) is 8.75. The van der Waals surface area contributed by atoms with Gasteiger partial charge in [0.2, 0.25) is 0 Å². The van der Waals surface area contributed by atoms with Crippen LogP contribution in [0.3, 0.4) is 0 Å². The lowest BCUT2D eigenvalue weighted by molar-refractivity contribution is -0.161. The number of carbonyl (C=O) groups excluding carboxylic acids is 2. The van der Waals surface area contributed by atoms with Crippen molar-refractivity contribution in [3.8, 4) is 0 Å². The summed E-state index contributed by atoms with van der Waals surface area (Å²) in [5.41, 5.74) is 5.34. The summed E-state index contributed by atoms with van der Waals surface area (Å²) in [6, 6.07) is 0. The van der Waals surface area contributed by atoms with Gasteiger partial charge in [0.15, 0.2) is 6.10 Å². The van der Waals surface area contributed by atoms with Crippen LogP contribution in [0.2, 0.25) is 0 Å². The van der Waals surface area contributed by atoms with Gasteiger partial charge in [0.1, 0.15) is 6.61 Å². The molecule has 0 rings (SSSR count). The van der Waals surface area contributed by atoms with Gasteiger partial charge in [0.25, 0.3) is 0 Å². The zero-order valence-electron chi connectivity index (χ0n) is 35.8. The standard InChI is InChI=1S/C47H80NO8P/c1-3-5-7-9-11-13-15-17-19-21-22-24-26-28-30-32-34-36-38-40-47(50)56-45(44-55-57(51,52)54-42-41-48)43-53-46(49)39-37-35-33-31-29-27-25-23-20-18-16-14-12-10-8-6-4-2/h11-14,17-20,22,24-25,27-28,30,45H,3-10,15-16,21,23,26,29,31-44,48H2,1-2H3,(H,51,52)/b13-11+,14-12+,19-17+,20-18+,24-22+,27-25+,30-28+/t45-/m1/s1. The topological polar surface area (TPSA) is 134 Å². The maximum absolute atomic E-state index is 12.6. The minimum atomic E-state index is -4.40. The lowest BCUT2D eigenvalue weighted by atomic mass is 10.1. The number of carbonyl (C=O) groups is 2. The van der Waals surface area contributed by atoms with Crippen molar-refractivity contribution >= 4 is 19.8 Å². The van der Waals surface area contributed by atoms with E-state index in [2.05, 4.69) is 98.9 Å². The monoisotopic (exact) mass is 818 g/mol. The predicted molar refractivity (Wildman–Crippen MR) is 238 cm³/mol. The number of hydrogen-bond donors (Lipinski definition) is 2. The van der Waals surface area contributed by atoms with Gasteiger partial charge in [-0.05, 0) is 96.3 Å². The summed E-state index contributed by atoms with van der Waals surface area (Å²) in [5.74, 6) is -0.898. The van der Waals surface area contributed by atoms with E-state index >= 15 is 0 Å². The highest BCUT2D eigenvalue weighted by Crippen LogP contribution is 2.43. The zero-order valence-corrected chi connectivity index (χ0v) is 36.7. The number of phosphoric acid groups is 1. The van der Waals surface area contributed by atoms with Crippen LogP contribution in [0.4, 0.5) is 0 Å². The van der Waals surface area contributed by atoms with Crippen LogP contribution in [0, 0.1) is 0 Å². The molecule has 0 spiro atoms. The van der Waals surface area contributed by atoms with Crippen molar-refractivity contribution < 1.29 is 37.6 Å². The van der Waals surface area contributed by atoms with Crippen molar-refractivity contribution in [1.82, 2.24) is 0 Å². The van der Waals surface area contributed by atoms with Crippen LogP contribution >= 0.6 is 7.82 Å². The number of hydrogen-bond acceptors (Lipinski definition) is 8. The summed E-state index contributed by atoms with van der Waals surface area (Å²) in [6.07, 6.45) is 53.2. The molecular weight excluding hydrogens is 737 g/mol. The van der Waals surface area contributed by atoms with Crippen molar-refractivity contribution in [2.75, 3.05) is 26.4 Å². The van der Waals surface area contributed by atoms with E-state index < -0.39 is 32.5 Å². The van der Waals surface area contributed by atoms with Gasteiger partial charge in [-0.25, -0.2) is 4.57 Å². The second-order valence-electron chi connectivity index (χ2n) is 14.2. The molecule has 0 aromatic rings. The van der Waals surface area contributed by atoms with E-state index in [-0.39, 0.29) is 32.6 Å². The lowest BCUT2D eigenvalue weighted by Gasteiger charge is -2.19. The number of nitrogens with two attached hydrogens (primary N) is 1. The van der Waals surface area contributed by atoms with Crippen molar-refractivity contribution in [2.24, 2.45) is 5.73 Å². The van der Waals surface area contributed by atoms with Crippen molar-refractivity contribution in [3.05, 3.63) is 85.1 Å². The molecule has 0 aromatic heterocycles. The largest absolute Gasteiger partial charge is 0.472 e. The number of unbranched alkanes of at least 4 members (excludes halogenated alkanes) is 13. The lowest BCUT2D eigenvalue weighted by Crippen LogP contribution is -2.29. The molecule has 2 atom stereocenters. The normalized spacial score (nSPS) is 14.1. The highest BCUT2D eigenvalue weighted by molar-refractivity contribution is 7.47. The second-order valence-corrected chi connectivity index (χ2v) is 15.7. The van der Waals surface area contributed by atoms with Crippen LogP contribution in [0.5, 0.6) is 0 Å². The fourth-order valence-corrected chi connectivity index (χ4v) is 6.21. The molecule has 0 bridgehead atoms. The van der Waals surface area contributed by atoms with Gasteiger partial charge in [0, 0.05) is 19.4 Å². The fourth-order valence-electron chi connectivity index (χ4n) is 5.45. The molecule has 0 aliphatic carbocycles. The Morgan fingerprint density at radius 2 is 0.912 bits per heavy atom. The molecule has 0 amide bonds. The number of phosphoric ester groups is 1. The summed E-state index contributed by atoms with van der Waals surface area (Å²) in [6.45, 7) is 3.59. The SMILES string of the molecule is CCCCC/C=C/C/C=C/C/C=C/C/C=C/CCCCCC(=O)O[C@H](COC(=O)CCCCCC/C=C/C/C=C/C/C=C/CCCCC)COP(=O)(O)OCCN. The van der Waals surface area contributed by atoms with Crippen LogP contribution in [0.15, 0.2) is 85.1 Å². The average Bonchev–Trinajstić information content (AvgIpc) is 3.20. The molecule has 0 radical (unpaired) electrons. The van der Waals surface area contributed by atoms with Crippen LogP contribution < -0.4 is 5.73 Å². The summed E-state index contributed by atoms with van der Waals surface area (Å²) < 4.78 is 32.7. The van der Waals surface area contributed by atoms with Gasteiger partial charge >= 0.3 is 19.8 Å². The number of allylic oxidation sites excluding steroid dienone is 14. The Morgan fingerprint density at radius 1 is 0.526 bits per heavy atom. The summed E-state index contributed by atoms with van der Waals surface area (Å²) in [7, 11) is -4.40. The first kappa shape index (κ1) is 54.2. The van der Waals surface area contributed by atoms with Gasteiger partial charge in [-0.15, -0.1) is 0 Å². The molecular formula is C47H80NO8P. The van der Waals surface area contributed by atoms with E-state index in [1.54, 1.807) is 0 Å². The highest BCUT2D eigenvalue weighted by atomic mass is 31.2. The van der Waals surface area contributed by atoms with Crippen molar-refractivity contribution in [3.63, 3.8) is 0 Å². The van der Waals surface area contributed by atoms with Gasteiger partial charge in [-0.1, -0.05) is 144 Å². The first-order chi connectivity index (χ1) is 27.8. The second kappa shape index (κ2) is 42.8. The maximum atomic E-state index is 12.6. The van der Waals surface area contributed by atoms with Crippen LogP contribution in [-0.2, 0) is 32.7 Å². The molecule has 326 valence electrons. The third kappa shape index (κ3) is 42.6. The molecule has 0 fully saturated rings. The molecule has 57 heavy (non-hydrogen) atoms. The summed E-state index contributed by atoms with van der Waals surface area (Å²) in [4.78, 5) is 34.9. The molecule has 0 heterocycles. The molecule has 0 saturated carbocycles. The average molecular weight is 818 g/mol. The van der Waals surface area contributed by atoms with E-state index in [0.29, 0.717) is 12.8 Å². The minimum absolute atomic E-state index is 0.0399. The van der Waals surface area contributed by atoms with E-state index in [9.17, 15) is 19.0 Å². The van der Waals surface area contributed by atoms with E-state index in [0.717, 1.165) is 77.0 Å². The van der Waals surface area contributed by atoms with Gasteiger partial charge in [-0.3, -0.25) is 18.6 Å². The van der Waals surface area contributed by atoms with E-state index in [1.165, 1.54) is 51.4 Å². The first-order valence-corrected chi connectivity index (χ1v) is 23.6. The van der Waals surface area contributed by atoms with Crippen molar-refractivity contribution in [1.29, 1.82) is 0 Å². The van der Waals surface area contributed by atoms with Crippen LogP contribution in [0.25, 0.3) is 0 Å². The highest BCUT2D eigenvalue weighted by Gasteiger charge is 2.25. The van der Waals surface area contributed by atoms with Gasteiger partial charge in [0.05, 0.1) is 13.2 Å². The molecule has 9 nitrogen and oxygen atoms in total. The fraction of sp³-hybridized carbons (Fsp3) is 0.660. The molecule has 3 N–H and O–H groups in total. The Balaban J connectivity index is 4.28. The third-order valence-corrected chi connectivity index (χ3v) is 9.74. The molecule has 0 saturated heterocycles. The summed E-state index contributed by atoms with van der Waals surface area (Å²) >= 11 is 0. The number of esters is 2. The Kier molecular flexibility index (Phi) is 40.7. The molecule has 10 heteroatoms. The van der Waals surface area contributed by atoms with E-state index in [1.807, 2.05) is 0 Å². The number of rotatable bonds is 40. The molecule has 0 aliphatic rings. The molecule has 1 unspecified atom stereocenters. The Bertz CT molecular complexity index is 1210. The van der Waals surface area contributed by atoms with Gasteiger partial charge < -0.3 is 20.1 Å². The Hall–Kier alpha value is -2.81. The predicted octanol–water partition coefficient (Wildman–Crippen LogP) is 12.8.